The van der Waals surface area contributed by atoms with E-state index in [0.717, 1.165) is 10.8 Å². The summed E-state index contributed by atoms with van der Waals surface area (Å²) in [4.78, 5) is 4.52. The molecule has 0 bridgehead atoms. The molecule has 1 aromatic rings. The lowest BCUT2D eigenvalue weighted by molar-refractivity contribution is 0.773. The summed E-state index contributed by atoms with van der Waals surface area (Å²) < 4.78 is 1.01. The van der Waals surface area contributed by atoms with E-state index in [1.54, 1.807) is 0 Å². The fraction of sp³-hybridized carbons (Fsp3) is 0.500. The van der Waals surface area contributed by atoms with E-state index in [2.05, 4.69) is 52.7 Å². The van der Waals surface area contributed by atoms with Crippen molar-refractivity contribution >= 4 is 22.6 Å². The topological polar surface area (TPSA) is 12.9 Å². The molecule has 0 N–H and O–H groups in total. The highest BCUT2D eigenvalue weighted by Gasteiger charge is 1.95. The maximum atomic E-state index is 4.52. The monoisotopic (exact) mass is 275 g/mol. The smallest absolute Gasteiger partial charge is 0.0504 e. The van der Waals surface area contributed by atoms with Crippen LogP contribution in [-0.4, -0.2) is 4.98 Å². The summed E-state index contributed by atoms with van der Waals surface area (Å²) in [5.41, 5.74) is 2.44. The molecule has 0 aliphatic heterocycles. The van der Waals surface area contributed by atoms with Crippen molar-refractivity contribution in [3.8, 4) is 0 Å². The van der Waals surface area contributed by atoms with Crippen molar-refractivity contribution in [3.63, 3.8) is 0 Å². The Balaban J connectivity index is 2.60. The Morgan fingerprint density at radius 3 is 2.75 bits per heavy atom. The molecular weight excluding hydrogens is 261 g/mol. The van der Waals surface area contributed by atoms with Gasteiger partial charge in [0.05, 0.1) is 5.69 Å². The van der Waals surface area contributed by atoms with Crippen molar-refractivity contribution in [1.29, 1.82) is 0 Å². The number of nitrogens with zero attached hydrogens (tertiary/aromatic N) is 1. The molecule has 2 heteroatoms. The van der Waals surface area contributed by atoms with Crippen LogP contribution in [0.15, 0.2) is 18.2 Å². The van der Waals surface area contributed by atoms with Crippen LogP contribution < -0.4 is 0 Å². The van der Waals surface area contributed by atoms with Crippen LogP contribution in [0.3, 0.4) is 0 Å². The second kappa shape index (κ2) is 5.51. The highest BCUT2D eigenvalue weighted by Crippen LogP contribution is 2.06. The van der Waals surface area contributed by atoms with Gasteiger partial charge in [0.15, 0.2) is 0 Å². The molecule has 1 nitrogen and oxygen atoms in total. The van der Waals surface area contributed by atoms with Crippen molar-refractivity contribution in [2.45, 2.75) is 30.6 Å². The highest BCUT2D eigenvalue weighted by atomic mass is 127. The minimum absolute atomic E-state index is 1.01. The zero-order valence-electron chi connectivity index (χ0n) is 7.39. The van der Waals surface area contributed by atoms with Gasteiger partial charge in [-0.2, -0.15) is 0 Å². The quantitative estimate of drug-likeness (QED) is 0.606. The molecule has 0 fully saturated rings. The third-order valence-electron chi connectivity index (χ3n) is 1.79. The van der Waals surface area contributed by atoms with Gasteiger partial charge in [0.2, 0.25) is 0 Å². The average molecular weight is 275 g/mol. The van der Waals surface area contributed by atoms with Gasteiger partial charge in [-0.05, 0) is 25.0 Å². The Bertz CT molecular complexity index is 235. The maximum Gasteiger partial charge on any atom is 0.0504 e. The van der Waals surface area contributed by atoms with Crippen LogP contribution in [0.2, 0.25) is 0 Å². The second-order valence-electron chi connectivity index (χ2n) is 2.86. The Morgan fingerprint density at radius 1 is 1.33 bits per heavy atom. The lowest BCUT2D eigenvalue weighted by Gasteiger charge is -2.00. The third kappa shape index (κ3) is 3.09. The average Bonchev–Trinajstić information content (AvgIpc) is 2.15. The molecule has 0 radical (unpaired) electrons. The molecule has 0 aromatic carbocycles. The van der Waals surface area contributed by atoms with E-state index in [1.165, 1.54) is 24.2 Å². The predicted octanol–water partition coefficient (Wildman–Crippen LogP) is 3.36. The summed E-state index contributed by atoms with van der Waals surface area (Å²) in [5, 5.41) is 0. The lowest BCUT2D eigenvalue weighted by Crippen LogP contribution is -1.92. The van der Waals surface area contributed by atoms with Gasteiger partial charge in [0, 0.05) is 10.1 Å². The van der Waals surface area contributed by atoms with Gasteiger partial charge in [-0.3, -0.25) is 4.98 Å². The normalized spacial score (nSPS) is 10.2. The molecule has 0 saturated carbocycles. The fourth-order valence-corrected chi connectivity index (χ4v) is 1.53. The number of hydrogen-bond donors (Lipinski definition) is 0. The second-order valence-corrected chi connectivity index (χ2v) is 3.62. The third-order valence-corrected chi connectivity index (χ3v) is 2.57. The first-order valence-corrected chi connectivity index (χ1v) is 5.90. The van der Waals surface area contributed by atoms with Gasteiger partial charge in [0.25, 0.3) is 0 Å². The van der Waals surface area contributed by atoms with E-state index >= 15 is 0 Å². The van der Waals surface area contributed by atoms with Crippen molar-refractivity contribution in [3.05, 3.63) is 29.6 Å². The van der Waals surface area contributed by atoms with E-state index in [4.69, 9.17) is 0 Å². The molecule has 1 aromatic heterocycles. The fourth-order valence-electron chi connectivity index (χ4n) is 1.10. The number of alkyl halides is 1. The molecule has 0 saturated heterocycles. The number of aromatic nitrogens is 1. The summed E-state index contributed by atoms with van der Waals surface area (Å²) in [6.45, 7) is 2.21. The lowest BCUT2D eigenvalue weighted by atomic mass is 10.2. The Kier molecular flexibility index (Phi) is 4.58. The molecule has 66 valence electrons. The molecule has 0 aliphatic carbocycles. The van der Waals surface area contributed by atoms with Crippen LogP contribution >= 0.6 is 22.6 Å². The van der Waals surface area contributed by atoms with Gasteiger partial charge in [0.1, 0.15) is 0 Å². The van der Waals surface area contributed by atoms with Gasteiger partial charge in [-0.1, -0.05) is 42.0 Å². The van der Waals surface area contributed by atoms with Crippen LogP contribution in [0, 0.1) is 0 Å². The van der Waals surface area contributed by atoms with E-state index in [9.17, 15) is 0 Å². The van der Waals surface area contributed by atoms with E-state index in [0.29, 0.717) is 0 Å². The van der Waals surface area contributed by atoms with Crippen LogP contribution in [0.25, 0.3) is 0 Å². The van der Waals surface area contributed by atoms with E-state index in [1.807, 2.05) is 0 Å². The number of unbranched alkanes of at least 4 members (excludes halogenated alkanes) is 1. The van der Waals surface area contributed by atoms with Gasteiger partial charge >= 0.3 is 0 Å². The molecule has 0 atom stereocenters. The summed E-state index contributed by atoms with van der Waals surface area (Å²) in [5.74, 6) is 0. The Labute approximate surface area is 87.7 Å². The standard InChI is InChI=1S/C10H14IN/c1-2-3-5-9-6-4-7-10(8-11)12-9/h4,6-7H,2-3,5,8H2,1H3. The van der Waals surface area contributed by atoms with Gasteiger partial charge in [-0.15, -0.1) is 0 Å². The summed E-state index contributed by atoms with van der Waals surface area (Å²) in [6.07, 6.45) is 3.62. The predicted molar refractivity (Wildman–Crippen MR) is 60.6 cm³/mol. The molecular formula is C10H14IN. The molecule has 0 unspecified atom stereocenters. The van der Waals surface area contributed by atoms with Crippen molar-refractivity contribution < 1.29 is 0 Å². The summed E-state index contributed by atoms with van der Waals surface area (Å²) in [6, 6.07) is 6.30. The van der Waals surface area contributed by atoms with Crippen LogP contribution in [-0.2, 0) is 10.8 Å². The van der Waals surface area contributed by atoms with Crippen molar-refractivity contribution in [2.75, 3.05) is 0 Å². The van der Waals surface area contributed by atoms with Crippen LogP contribution in [0.4, 0.5) is 0 Å². The summed E-state index contributed by atoms with van der Waals surface area (Å²) >= 11 is 2.35. The first-order valence-electron chi connectivity index (χ1n) is 4.37. The number of pyridine rings is 1. The minimum Gasteiger partial charge on any atom is -0.257 e. The van der Waals surface area contributed by atoms with Gasteiger partial charge < -0.3 is 0 Å². The molecule has 1 rings (SSSR count). The first kappa shape index (κ1) is 9.96. The van der Waals surface area contributed by atoms with E-state index < -0.39 is 0 Å². The minimum atomic E-state index is 1.01. The van der Waals surface area contributed by atoms with Crippen molar-refractivity contribution in [1.82, 2.24) is 4.98 Å². The molecule has 0 spiro atoms. The number of aryl methyl sites for hydroxylation is 1. The Morgan fingerprint density at radius 2 is 2.08 bits per heavy atom. The molecule has 0 amide bonds. The first-order chi connectivity index (χ1) is 5.86. The number of rotatable bonds is 4. The maximum absolute atomic E-state index is 4.52. The Hall–Kier alpha value is -0.120. The molecule has 12 heavy (non-hydrogen) atoms. The molecule has 0 aliphatic rings. The summed E-state index contributed by atoms with van der Waals surface area (Å²) in [7, 11) is 0. The van der Waals surface area contributed by atoms with E-state index in [-0.39, 0.29) is 0 Å². The SMILES string of the molecule is CCCCc1cccc(CI)n1. The highest BCUT2D eigenvalue weighted by molar-refractivity contribution is 14.1. The zero-order chi connectivity index (χ0) is 8.81. The largest absolute Gasteiger partial charge is 0.257 e. The van der Waals surface area contributed by atoms with Gasteiger partial charge in [-0.25, -0.2) is 0 Å². The van der Waals surface area contributed by atoms with Crippen LogP contribution in [0.5, 0.6) is 0 Å². The van der Waals surface area contributed by atoms with Crippen molar-refractivity contribution in [2.24, 2.45) is 0 Å². The zero-order valence-corrected chi connectivity index (χ0v) is 9.54. The van der Waals surface area contributed by atoms with Crippen LogP contribution in [0.1, 0.15) is 31.2 Å². The number of hydrogen-bond acceptors (Lipinski definition) is 1. The number of halogens is 1. The molecule has 1 heterocycles.